The van der Waals surface area contributed by atoms with E-state index < -0.39 is 0 Å². The molecule has 0 aliphatic carbocycles. The summed E-state index contributed by atoms with van der Waals surface area (Å²) in [4.78, 5) is 4.47. The van der Waals surface area contributed by atoms with Crippen molar-refractivity contribution in [2.24, 2.45) is 0 Å². The number of rotatable bonds is 3. The second-order valence-corrected chi connectivity index (χ2v) is 8.65. The number of fused-ring (bicyclic) bond motifs is 3. The number of aryl methyl sites for hydroxylation is 1. The van der Waals surface area contributed by atoms with E-state index in [1.54, 1.807) is 13.4 Å². The smallest absolute Gasteiger partial charge is 0.226 e. The lowest BCUT2D eigenvalue weighted by Crippen LogP contribution is -2.32. The van der Waals surface area contributed by atoms with Gasteiger partial charge in [-0.2, -0.15) is 10.1 Å². The Labute approximate surface area is 196 Å². The molecule has 7 heteroatoms. The van der Waals surface area contributed by atoms with E-state index in [0.29, 0.717) is 11.0 Å². The number of halogens is 1. The van der Waals surface area contributed by atoms with Gasteiger partial charge in [0, 0.05) is 21.7 Å². The molecule has 2 atom stereocenters. The fraction of sp³-hybridized carbons (Fsp3) is 0.154. The van der Waals surface area contributed by atoms with Crippen LogP contribution < -0.4 is 14.8 Å². The van der Waals surface area contributed by atoms with Gasteiger partial charge in [-0.25, -0.2) is 4.68 Å². The molecule has 0 saturated heterocycles. The first-order valence-electron chi connectivity index (χ1n) is 10.7. The Balaban J connectivity index is 1.63. The van der Waals surface area contributed by atoms with Crippen LogP contribution in [0.25, 0.3) is 5.70 Å². The summed E-state index contributed by atoms with van der Waals surface area (Å²) < 4.78 is 14.1. The molecular formula is C26H21ClN4O2. The topological polar surface area (TPSA) is 61.2 Å². The van der Waals surface area contributed by atoms with Gasteiger partial charge in [0.1, 0.15) is 30.0 Å². The van der Waals surface area contributed by atoms with Gasteiger partial charge in [-0.1, -0.05) is 53.6 Å². The first-order valence-corrected chi connectivity index (χ1v) is 11.1. The maximum absolute atomic E-state index is 6.64. The Hall–Kier alpha value is -3.77. The van der Waals surface area contributed by atoms with Crippen LogP contribution in [0.5, 0.6) is 11.5 Å². The van der Waals surface area contributed by atoms with Crippen LogP contribution in [0, 0.1) is 6.92 Å². The van der Waals surface area contributed by atoms with Gasteiger partial charge in [0.05, 0.1) is 12.8 Å². The van der Waals surface area contributed by atoms with Crippen LogP contribution in [0.15, 0.2) is 78.6 Å². The van der Waals surface area contributed by atoms with Crippen molar-refractivity contribution in [1.82, 2.24) is 14.8 Å². The van der Waals surface area contributed by atoms with Gasteiger partial charge >= 0.3 is 0 Å². The molecule has 2 aliphatic heterocycles. The van der Waals surface area contributed by atoms with Crippen molar-refractivity contribution in [2.45, 2.75) is 19.1 Å². The third kappa shape index (κ3) is 3.26. The lowest BCUT2D eigenvalue weighted by atomic mass is 9.84. The Morgan fingerprint density at radius 2 is 1.88 bits per heavy atom. The monoisotopic (exact) mass is 456 g/mol. The molecule has 0 unspecified atom stereocenters. The van der Waals surface area contributed by atoms with Gasteiger partial charge < -0.3 is 14.8 Å². The zero-order valence-electron chi connectivity index (χ0n) is 18.1. The van der Waals surface area contributed by atoms with Crippen LogP contribution in [0.3, 0.4) is 0 Å². The summed E-state index contributed by atoms with van der Waals surface area (Å²) in [5, 5.41) is 8.71. The van der Waals surface area contributed by atoms with E-state index in [4.69, 9.17) is 21.1 Å². The molecule has 0 radical (unpaired) electrons. The number of hydrogen-bond donors (Lipinski definition) is 1. The molecule has 0 amide bonds. The quantitative estimate of drug-likeness (QED) is 0.421. The third-order valence-electron chi connectivity index (χ3n) is 6.17. The maximum atomic E-state index is 6.64. The summed E-state index contributed by atoms with van der Waals surface area (Å²) in [5.41, 5.74) is 6.18. The van der Waals surface area contributed by atoms with Gasteiger partial charge in [0.15, 0.2) is 0 Å². The van der Waals surface area contributed by atoms with E-state index in [2.05, 4.69) is 52.7 Å². The lowest BCUT2D eigenvalue weighted by molar-refractivity contribution is 0.222. The molecular weight excluding hydrogens is 436 g/mol. The summed E-state index contributed by atoms with van der Waals surface area (Å²) in [5.74, 6) is 2.21. The van der Waals surface area contributed by atoms with E-state index >= 15 is 0 Å². The van der Waals surface area contributed by atoms with Gasteiger partial charge in [0.25, 0.3) is 0 Å². The third-order valence-corrected chi connectivity index (χ3v) is 6.40. The first-order chi connectivity index (χ1) is 16.1. The molecule has 3 heterocycles. The van der Waals surface area contributed by atoms with E-state index in [0.717, 1.165) is 39.5 Å². The Morgan fingerprint density at radius 3 is 2.70 bits per heavy atom. The summed E-state index contributed by atoms with van der Waals surface area (Å²) in [6, 6.07) is 22.0. The van der Waals surface area contributed by atoms with Crippen molar-refractivity contribution in [3.8, 4) is 11.5 Å². The Kier molecular flexibility index (Phi) is 4.62. The summed E-state index contributed by atoms with van der Waals surface area (Å²) in [7, 11) is 1.67. The molecule has 3 aromatic carbocycles. The van der Waals surface area contributed by atoms with Crippen molar-refractivity contribution in [2.75, 3.05) is 12.4 Å². The molecule has 164 valence electrons. The van der Waals surface area contributed by atoms with E-state index in [1.807, 2.05) is 41.1 Å². The van der Waals surface area contributed by atoms with Crippen molar-refractivity contribution < 1.29 is 9.47 Å². The minimum absolute atomic E-state index is 0.206. The fourth-order valence-electron chi connectivity index (χ4n) is 4.59. The van der Waals surface area contributed by atoms with Gasteiger partial charge in [-0.05, 0) is 42.8 Å². The van der Waals surface area contributed by atoms with Crippen molar-refractivity contribution in [3.63, 3.8) is 0 Å². The lowest BCUT2D eigenvalue weighted by Gasteiger charge is -2.39. The molecule has 6 rings (SSSR count). The second kappa shape index (κ2) is 7.67. The normalized spacial score (nSPS) is 18.5. The van der Waals surface area contributed by atoms with Crippen LogP contribution in [0.2, 0.25) is 5.02 Å². The molecule has 0 fully saturated rings. The Bertz CT molecular complexity index is 1390. The molecule has 0 spiro atoms. The van der Waals surface area contributed by atoms with Gasteiger partial charge in [0.2, 0.25) is 5.95 Å². The highest BCUT2D eigenvalue weighted by Gasteiger charge is 2.41. The molecule has 6 nitrogen and oxygen atoms in total. The number of aromatic nitrogens is 3. The predicted octanol–water partition coefficient (Wildman–Crippen LogP) is 5.81. The second-order valence-electron chi connectivity index (χ2n) is 8.21. The molecule has 0 bridgehead atoms. The van der Waals surface area contributed by atoms with Crippen LogP contribution in [0.4, 0.5) is 5.95 Å². The highest BCUT2D eigenvalue weighted by atomic mass is 35.5. The van der Waals surface area contributed by atoms with Crippen LogP contribution in [-0.4, -0.2) is 21.9 Å². The SMILES string of the molecule is COc1cccc([C@@H]2Oc3ccc(Cl)cc3C3=C2[C@@H](c2ccc(C)cc2)n2ncnc2N3)c1. The van der Waals surface area contributed by atoms with Gasteiger partial charge in [-0.3, -0.25) is 0 Å². The van der Waals surface area contributed by atoms with Crippen LogP contribution in [-0.2, 0) is 0 Å². The highest BCUT2D eigenvalue weighted by Crippen LogP contribution is 2.51. The standard InChI is InChI=1S/C26H21ClN4O2/c1-15-6-8-16(9-7-15)24-22-23(30-26-28-14-29-31(24)26)20-13-18(27)10-11-21(20)33-25(22)17-4-3-5-19(12-17)32-2/h3-14,24-25H,1-2H3,(H,28,29,30)/t24-,25+/m1/s1. The number of nitrogens with one attached hydrogen (secondary N) is 1. The first kappa shape index (κ1) is 19.9. The molecule has 0 saturated carbocycles. The van der Waals surface area contributed by atoms with Crippen LogP contribution in [0.1, 0.15) is 34.4 Å². The van der Waals surface area contributed by atoms with Crippen molar-refractivity contribution >= 4 is 23.2 Å². The van der Waals surface area contributed by atoms with E-state index in [9.17, 15) is 0 Å². The Morgan fingerprint density at radius 1 is 1.03 bits per heavy atom. The molecule has 4 aromatic rings. The zero-order chi connectivity index (χ0) is 22.5. The number of methoxy groups -OCH3 is 1. The van der Waals surface area contributed by atoms with E-state index in [-0.39, 0.29) is 12.1 Å². The highest BCUT2D eigenvalue weighted by molar-refractivity contribution is 6.30. The van der Waals surface area contributed by atoms with Crippen LogP contribution >= 0.6 is 11.6 Å². The minimum Gasteiger partial charge on any atom is -0.497 e. The largest absolute Gasteiger partial charge is 0.497 e. The molecule has 1 N–H and O–H groups in total. The molecule has 2 aliphatic rings. The average molecular weight is 457 g/mol. The number of nitrogens with zero attached hydrogens (tertiary/aromatic N) is 3. The summed E-state index contributed by atoms with van der Waals surface area (Å²) >= 11 is 6.40. The predicted molar refractivity (Wildman–Crippen MR) is 128 cm³/mol. The minimum atomic E-state index is -0.361. The average Bonchev–Trinajstić information content (AvgIpc) is 3.31. The van der Waals surface area contributed by atoms with Gasteiger partial charge in [-0.15, -0.1) is 0 Å². The number of ether oxygens (including phenoxy) is 2. The number of hydrogen-bond acceptors (Lipinski definition) is 5. The fourth-order valence-corrected chi connectivity index (χ4v) is 4.76. The number of anilines is 1. The maximum Gasteiger partial charge on any atom is 0.226 e. The van der Waals surface area contributed by atoms with E-state index in [1.165, 1.54) is 5.56 Å². The van der Waals surface area contributed by atoms with Crippen molar-refractivity contribution in [1.29, 1.82) is 0 Å². The molecule has 1 aromatic heterocycles. The molecule has 33 heavy (non-hydrogen) atoms. The summed E-state index contributed by atoms with van der Waals surface area (Å²) in [6.07, 6.45) is 1.21. The van der Waals surface area contributed by atoms with Crippen molar-refractivity contribution in [3.05, 3.63) is 106 Å². The number of benzene rings is 3. The zero-order valence-corrected chi connectivity index (χ0v) is 18.9. The summed E-state index contributed by atoms with van der Waals surface area (Å²) in [6.45, 7) is 2.08.